The molecule has 24 heavy (non-hydrogen) atoms. The zero-order valence-electron chi connectivity index (χ0n) is 16.1. The van der Waals surface area contributed by atoms with Gasteiger partial charge in [0.05, 0.1) is 0 Å². The molecule has 1 fully saturated rings. The van der Waals surface area contributed by atoms with Gasteiger partial charge >= 0.3 is 0 Å². The summed E-state index contributed by atoms with van der Waals surface area (Å²) < 4.78 is 0. The van der Waals surface area contributed by atoms with E-state index in [0.29, 0.717) is 18.0 Å². The van der Waals surface area contributed by atoms with E-state index >= 15 is 0 Å². The molecule has 3 rings (SSSR count). The third kappa shape index (κ3) is 3.57. The minimum Gasteiger partial charge on any atom is -0.280 e. The van der Waals surface area contributed by atoms with E-state index in [1.165, 1.54) is 23.3 Å². The quantitative estimate of drug-likeness (QED) is 0.877. The number of nitrogens with zero attached hydrogens (tertiary/aromatic N) is 2. The first kappa shape index (κ1) is 17.6. The number of aliphatic imine (C=N–C) groups is 1. The molecule has 1 aromatic carbocycles. The second kappa shape index (κ2) is 6.61. The van der Waals surface area contributed by atoms with Crippen molar-refractivity contribution in [2.45, 2.75) is 84.1 Å². The van der Waals surface area contributed by atoms with E-state index in [1.807, 2.05) is 0 Å². The maximum absolute atomic E-state index is 4.87. The number of likely N-dealkylation sites (tertiary alicyclic amines) is 1. The summed E-state index contributed by atoms with van der Waals surface area (Å²) in [5.41, 5.74) is 4.39. The second-order valence-electron chi connectivity index (χ2n) is 8.76. The van der Waals surface area contributed by atoms with Crippen molar-refractivity contribution in [3.63, 3.8) is 0 Å². The molecule has 1 aromatic rings. The molecule has 4 unspecified atom stereocenters. The maximum atomic E-state index is 4.87. The van der Waals surface area contributed by atoms with E-state index in [1.54, 1.807) is 0 Å². The van der Waals surface area contributed by atoms with Crippen molar-refractivity contribution in [1.29, 1.82) is 0 Å². The van der Waals surface area contributed by atoms with Gasteiger partial charge in [0.2, 0.25) is 0 Å². The molecule has 0 saturated carbocycles. The molecule has 0 aromatic heterocycles. The van der Waals surface area contributed by atoms with Crippen LogP contribution in [-0.2, 0) is 5.41 Å². The Bertz CT molecular complexity index is 597. The fourth-order valence-electron chi connectivity index (χ4n) is 4.21. The Morgan fingerprint density at radius 1 is 1.12 bits per heavy atom. The van der Waals surface area contributed by atoms with Crippen molar-refractivity contribution < 1.29 is 0 Å². The fourth-order valence-corrected chi connectivity index (χ4v) is 4.21. The highest BCUT2D eigenvalue weighted by Crippen LogP contribution is 2.36. The predicted molar refractivity (Wildman–Crippen MR) is 103 cm³/mol. The summed E-state index contributed by atoms with van der Waals surface area (Å²) in [7, 11) is 0. The van der Waals surface area contributed by atoms with Crippen LogP contribution in [0.2, 0.25) is 0 Å². The lowest BCUT2D eigenvalue weighted by Gasteiger charge is -2.36. The number of nitrogens with one attached hydrogen (secondary N) is 1. The van der Waals surface area contributed by atoms with Crippen molar-refractivity contribution >= 4 is 5.71 Å². The van der Waals surface area contributed by atoms with Gasteiger partial charge in [-0.1, -0.05) is 45.0 Å². The lowest BCUT2D eigenvalue weighted by molar-refractivity contribution is 0.144. The Labute approximate surface area is 147 Å². The van der Waals surface area contributed by atoms with Crippen LogP contribution >= 0.6 is 0 Å². The largest absolute Gasteiger partial charge is 0.280 e. The highest BCUT2D eigenvalue weighted by Gasteiger charge is 2.37. The highest BCUT2D eigenvalue weighted by atomic mass is 15.4. The molecule has 0 radical (unpaired) electrons. The zero-order valence-corrected chi connectivity index (χ0v) is 16.1. The van der Waals surface area contributed by atoms with Crippen LogP contribution in [-0.4, -0.2) is 35.5 Å². The summed E-state index contributed by atoms with van der Waals surface area (Å²) in [6, 6.07) is 10.4. The maximum Gasteiger partial charge on any atom is 0.156 e. The van der Waals surface area contributed by atoms with Crippen LogP contribution < -0.4 is 5.32 Å². The van der Waals surface area contributed by atoms with E-state index in [9.17, 15) is 0 Å². The first-order valence-electron chi connectivity index (χ1n) is 9.41. The third-order valence-corrected chi connectivity index (χ3v) is 5.70. The number of rotatable bonds is 2. The molecule has 0 spiro atoms. The van der Waals surface area contributed by atoms with E-state index < -0.39 is 0 Å². The average Bonchev–Trinajstić information content (AvgIpc) is 2.87. The Morgan fingerprint density at radius 3 is 2.38 bits per heavy atom. The van der Waals surface area contributed by atoms with Crippen LogP contribution in [0.25, 0.3) is 0 Å². The average molecular weight is 328 g/mol. The Morgan fingerprint density at radius 2 is 1.79 bits per heavy atom. The molecule has 2 aliphatic heterocycles. The summed E-state index contributed by atoms with van der Waals surface area (Å²) in [5, 5.41) is 3.66. The van der Waals surface area contributed by atoms with Gasteiger partial charge in [0.15, 0.2) is 6.29 Å². The van der Waals surface area contributed by atoms with Crippen LogP contribution in [0, 0.1) is 0 Å². The lowest BCUT2D eigenvalue weighted by atomic mass is 9.84. The molecular formula is C21H33N3. The van der Waals surface area contributed by atoms with Gasteiger partial charge in [-0.2, -0.15) is 0 Å². The van der Waals surface area contributed by atoms with Crippen molar-refractivity contribution in [1.82, 2.24) is 10.2 Å². The Balaban J connectivity index is 1.74. The van der Waals surface area contributed by atoms with E-state index in [4.69, 9.17) is 4.99 Å². The van der Waals surface area contributed by atoms with Gasteiger partial charge in [-0.3, -0.25) is 15.2 Å². The van der Waals surface area contributed by atoms with E-state index in [0.717, 1.165) is 13.0 Å². The molecule has 0 aliphatic carbocycles. The second-order valence-corrected chi connectivity index (χ2v) is 8.76. The van der Waals surface area contributed by atoms with Crippen molar-refractivity contribution in [2.75, 3.05) is 6.54 Å². The molecule has 1 saturated heterocycles. The summed E-state index contributed by atoms with van der Waals surface area (Å²) >= 11 is 0. The standard InChI is InChI=1S/C21H33N3/c1-14-13-15(2)23-20(22-14)24-12-11-19(16(24)3)17-7-9-18(10-8-17)21(4,5)6/h7-10,14,16,19-20,22H,11-13H2,1-6H3. The molecule has 1 N–H and O–H groups in total. The molecule has 2 heterocycles. The summed E-state index contributed by atoms with van der Waals surface area (Å²) in [6.07, 6.45) is 2.44. The molecule has 2 aliphatic rings. The van der Waals surface area contributed by atoms with Gasteiger partial charge < -0.3 is 0 Å². The number of hydrogen-bond donors (Lipinski definition) is 1. The SMILES string of the molecule is CC1=NC(N2CCC(c3ccc(C(C)(C)C)cc3)C2C)NC(C)C1. The van der Waals surface area contributed by atoms with Crippen molar-refractivity contribution in [3.8, 4) is 0 Å². The lowest BCUT2D eigenvalue weighted by Crippen LogP contribution is -2.52. The number of hydrogen-bond acceptors (Lipinski definition) is 3. The molecule has 3 heteroatoms. The van der Waals surface area contributed by atoms with Crippen molar-refractivity contribution in [3.05, 3.63) is 35.4 Å². The first-order chi connectivity index (χ1) is 11.3. The molecule has 0 amide bonds. The van der Waals surface area contributed by atoms with E-state index in [-0.39, 0.29) is 11.7 Å². The zero-order chi connectivity index (χ0) is 17.5. The smallest absolute Gasteiger partial charge is 0.156 e. The summed E-state index contributed by atoms with van der Waals surface area (Å²) in [6.45, 7) is 14.7. The topological polar surface area (TPSA) is 27.6 Å². The first-order valence-corrected chi connectivity index (χ1v) is 9.41. The predicted octanol–water partition coefficient (Wildman–Crippen LogP) is 4.29. The fraction of sp³-hybridized carbons (Fsp3) is 0.667. The van der Waals surface area contributed by atoms with Gasteiger partial charge in [0, 0.05) is 36.7 Å². The van der Waals surface area contributed by atoms with Crippen LogP contribution in [0.1, 0.15) is 71.4 Å². The minimum atomic E-state index is 0.155. The Kier molecular flexibility index (Phi) is 4.85. The summed E-state index contributed by atoms with van der Waals surface area (Å²) in [5.74, 6) is 0.605. The van der Waals surface area contributed by atoms with Crippen LogP contribution in [0.4, 0.5) is 0 Å². The highest BCUT2D eigenvalue weighted by molar-refractivity contribution is 5.83. The molecule has 4 atom stereocenters. The molecule has 132 valence electrons. The van der Waals surface area contributed by atoms with Gasteiger partial charge in [0.25, 0.3) is 0 Å². The normalized spacial score (nSPS) is 32.0. The van der Waals surface area contributed by atoms with Gasteiger partial charge in [-0.05, 0) is 43.7 Å². The van der Waals surface area contributed by atoms with Gasteiger partial charge in [-0.25, -0.2) is 0 Å². The van der Waals surface area contributed by atoms with Crippen LogP contribution in [0.5, 0.6) is 0 Å². The Hall–Kier alpha value is -1.19. The number of benzene rings is 1. The summed E-state index contributed by atoms with van der Waals surface area (Å²) in [4.78, 5) is 7.41. The van der Waals surface area contributed by atoms with Crippen LogP contribution in [0.3, 0.4) is 0 Å². The third-order valence-electron chi connectivity index (χ3n) is 5.70. The monoisotopic (exact) mass is 327 g/mol. The molecular weight excluding hydrogens is 294 g/mol. The van der Waals surface area contributed by atoms with E-state index in [2.05, 4.69) is 76.0 Å². The molecule has 3 nitrogen and oxygen atoms in total. The van der Waals surface area contributed by atoms with Gasteiger partial charge in [-0.15, -0.1) is 0 Å². The van der Waals surface area contributed by atoms with Crippen molar-refractivity contribution in [2.24, 2.45) is 4.99 Å². The van der Waals surface area contributed by atoms with Crippen LogP contribution in [0.15, 0.2) is 29.3 Å². The van der Waals surface area contributed by atoms with Gasteiger partial charge in [0.1, 0.15) is 0 Å². The minimum absolute atomic E-state index is 0.155. The molecule has 0 bridgehead atoms.